The van der Waals surface area contributed by atoms with Crippen LogP contribution in [-0.4, -0.2) is 21.8 Å². The van der Waals surface area contributed by atoms with Crippen molar-refractivity contribution in [3.05, 3.63) is 29.8 Å². The van der Waals surface area contributed by atoms with Gasteiger partial charge in [-0.1, -0.05) is 31.9 Å². The second-order valence-electron chi connectivity index (χ2n) is 5.79. The minimum Gasteiger partial charge on any atom is -0.492 e. The summed E-state index contributed by atoms with van der Waals surface area (Å²) in [6.45, 7) is 2.78. The van der Waals surface area contributed by atoms with E-state index in [4.69, 9.17) is 10.00 Å². The minimum absolute atomic E-state index is 0.375. The number of ether oxygens (including phenoxy) is 1. The quantitative estimate of drug-likeness (QED) is 0.754. The Morgan fingerprint density at radius 2 is 2.19 bits per heavy atom. The standard InChI is InChI=1S/C17H23NO2S/c1-14-6-4-8-16(12-14)21(19)11-5-10-20-17-9-3-2-7-15(17)13-18/h2-3,7,9,14,16H,4-6,8,10-12H2,1H3. The Kier molecular flexibility index (Phi) is 6.25. The van der Waals surface area contributed by atoms with Gasteiger partial charge in [0, 0.05) is 21.8 Å². The lowest BCUT2D eigenvalue weighted by atomic mass is 9.91. The van der Waals surface area contributed by atoms with Gasteiger partial charge in [-0.15, -0.1) is 0 Å². The van der Waals surface area contributed by atoms with Gasteiger partial charge in [-0.3, -0.25) is 4.21 Å². The predicted octanol–water partition coefficient (Wildman–Crippen LogP) is 3.65. The Hall–Kier alpha value is -1.34. The lowest BCUT2D eigenvalue weighted by Crippen LogP contribution is -2.25. The fourth-order valence-electron chi connectivity index (χ4n) is 2.85. The molecule has 0 N–H and O–H groups in total. The highest BCUT2D eigenvalue weighted by Crippen LogP contribution is 2.27. The number of para-hydroxylation sites is 1. The lowest BCUT2D eigenvalue weighted by Gasteiger charge is -2.26. The third kappa shape index (κ3) is 4.86. The van der Waals surface area contributed by atoms with Gasteiger partial charge in [-0.05, 0) is 37.3 Å². The topological polar surface area (TPSA) is 50.1 Å². The number of nitriles is 1. The summed E-state index contributed by atoms with van der Waals surface area (Å²) in [6, 6.07) is 9.35. The number of nitrogens with zero attached hydrogens (tertiary/aromatic N) is 1. The van der Waals surface area contributed by atoms with Gasteiger partial charge < -0.3 is 4.74 Å². The molecule has 3 unspecified atom stereocenters. The van der Waals surface area contributed by atoms with E-state index in [1.165, 1.54) is 12.8 Å². The molecule has 0 bridgehead atoms. The fraction of sp³-hybridized carbons (Fsp3) is 0.588. The van der Waals surface area contributed by atoms with Crippen LogP contribution in [0.4, 0.5) is 0 Å². The van der Waals surface area contributed by atoms with E-state index in [1.54, 1.807) is 12.1 Å². The highest BCUT2D eigenvalue weighted by molar-refractivity contribution is 7.85. The van der Waals surface area contributed by atoms with Gasteiger partial charge in [0.2, 0.25) is 0 Å². The molecule has 1 saturated carbocycles. The van der Waals surface area contributed by atoms with Crippen molar-refractivity contribution < 1.29 is 8.95 Å². The molecule has 1 aliphatic rings. The molecule has 0 spiro atoms. The van der Waals surface area contributed by atoms with Crippen LogP contribution in [0.3, 0.4) is 0 Å². The molecule has 4 heteroatoms. The van der Waals surface area contributed by atoms with Gasteiger partial charge in [0.05, 0.1) is 12.2 Å². The molecule has 1 aromatic carbocycles. The molecule has 0 aromatic heterocycles. The normalized spacial score (nSPS) is 23.2. The molecule has 21 heavy (non-hydrogen) atoms. The molecular weight excluding hydrogens is 282 g/mol. The first kappa shape index (κ1) is 16.0. The Morgan fingerprint density at radius 1 is 1.38 bits per heavy atom. The van der Waals surface area contributed by atoms with E-state index >= 15 is 0 Å². The third-order valence-corrected chi connectivity index (χ3v) is 5.88. The SMILES string of the molecule is CC1CCCC(S(=O)CCCOc2ccccc2C#N)C1. The fourth-order valence-corrected chi connectivity index (χ4v) is 4.56. The molecule has 1 aromatic rings. The summed E-state index contributed by atoms with van der Waals surface area (Å²) in [5.74, 6) is 2.04. The molecule has 0 saturated heterocycles. The van der Waals surface area contributed by atoms with Gasteiger partial charge in [-0.25, -0.2) is 0 Å². The van der Waals surface area contributed by atoms with Crippen molar-refractivity contribution in [1.29, 1.82) is 5.26 Å². The maximum Gasteiger partial charge on any atom is 0.137 e. The lowest BCUT2D eigenvalue weighted by molar-refractivity contribution is 0.317. The molecule has 0 radical (unpaired) electrons. The van der Waals surface area contributed by atoms with Crippen LogP contribution in [0.5, 0.6) is 5.75 Å². The predicted molar refractivity (Wildman–Crippen MR) is 85.7 cm³/mol. The molecular formula is C17H23NO2S. The van der Waals surface area contributed by atoms with Crippen LogP contribution in [0.2, 0.25) is 0 Å². The molecule has 0 aliphatic heterocycles. The van der Waals surface area contributed by atoms with E-state index in [0.717, 1.165) is 19.3 Å². The van der Waals surface area contributed by atoms with Crippen molar-refractivity contribution in [2.45, 2.75) is 44.3 Å². The summed E-state index contributed by atoms with van der Waals surface area (Å²) in [5, 5.41) is 9.35. The van der Waals surface area contributed by atoms with Crippen molar-refractivity contribution in [3.8, 4) is 11.8 Å². The molecule has 1 aliphatic carbocycles. The number of rotatable bonds is 6. The molecule has 3 atom stereocenters. The zero-order valence-corrected chi connectivity index (χ0v) is 13.4. The zero-order chi connectivity index (χ0) is 15.1. The number of benzene rings is 1. The van der Waals surface area contributed by atoms with Gasteiger partial charge in [-0.2, -0.15) is 5.26 Å². The molecule has 3 nitrogen and oxygen atoms in total. The summed E-state index contributed by atoms with van der Waals surface area (Å²) >= 11 is 0. The summed E-state index contributed by atoms with van der Waals surface area (Å²) < 4.78 is 17.9. The largest absolute Gasteiger partial charge is 0.492 e. The zero-order valence-electron chi connectivity index (χ0n) is 12.6. The van der Waals surface area contributed by atoms with Crippen LogP contribution in [0.25, 0.3) is 0 Å². The van der Waals surface area contributed by atoms with Gasteiger partial charge in [0.15, 0.2) is 0 Å². The minimum atomic E-state index is -0.737. The van der Waals surface area contributed by atoms with Crippen molar-refractivity contribution >= 4 is 10.8 Å². The smallest absolute Gasteiger partial charge is 0.137 e. The highest BCUT2D eigenvalue weighted by atomic mass is 32.2. The van der Waals surface area contributed by atoms with Gasteiger partial charge >= 0.3 is 0 Å². The first-order chi connectivity index (χ1) is 10.2. The van der Waals surface area contributed by atoms with Crippen LogP contribution >= 0.6 is 0 Å². The number of hydrogen-bond donors (Lipinski definition) is 0. The van der Waals surface area contributed by atoms with Crippen molar-refractivity contribution in [3.63, 3.8) is 0 Å². The van der Waals surface area contributed by atoms with Crippen LogP contribution < -0.4 is 4.74 Å². The Morgan fingerprint density at radius 3 is 2.95 bits per heavy atom. The summed E-state index contributed by atoms with van der Waals surface area (Å²) in [5.41, 5.74) is 0.555. The Bertz CT molecular complexity index is 524. The van der Waals surface area contributed by atoms with E-state index < -0.39 is 10.8 Å². The third-order valence-electron chi connectivity index (χ3n) is 4.02. The second-order valence-corrected chi connectivity index (χ2v) is 7.63. The average Bonchev–Trinajstić information content (AvgIpc) is 2.51. The van der Waals surface area contributed by atoms with Crippen LogP contribution in [0.15, 0.2) is 24.3 Å². The average molecular weight is 305 g/mol. The number of hydrogen-bond acceptors (Lipinski definition) is 3. The highest BCUT2D eigenvalue weighted by Gasteiger charge is 2.23. The summed E-state index contributed by atoms with van der Waals surface area (Å²) in [4.78, 5) is 0. The van der Waals surface area contributed by atoms with Crippen molar-refractivity contribution in [2.24, 2.45) is 5.92 Å². The maximum atomic E-state index is 12.3. The van der Waals surface area contributed by atoms with Crippen LogP contribution in [-0.2, 0) is 10.8 Å². The van der Waals surface area contributed by atoms with Crippen molar-refractivity contribution in [1.82, 2.24) is 0 Å². The summed E-state index contributed by atoms with van der Waals surface area (Å²) in [7, 11) is -0.737. The monoisotopic (exact) mass is 305 g/mol. The first-order valence-corrected chi connectivity index (χ1v) is 9.08. The molecule has 114 valence electrons. The molecule has 0 heterocycles. The van der Waals surface area contributed by atoms with E-state index in [0.29, 0.717) is 34.8 Å². The Labute approximate surface area is 129 Å². The first-order valence-electron chi connectivity index (χ1n) is 7.70. The van der Waals surface area contributed by atoms with E-state index in [2.05, 4.69) is 13.0 Å². The Balaban J connectivity index is 1.72. The van der Waals surface area contributed by atoms with Crippen LogP contribution in [0, 0.1) is 17.2 Å². The maximum absolute atomic E-state index is 12.3. The molecule has 0 amide bonds. The second kappa shape index (κ2) is 8.19. The van der Waals surface area contributed by atoms with E-state index in [1.807, 2.05) is 12.1 Å². The van der Waals surface area contributed by atoms with E-state index in [-0.39, 0.29) is 0 Å². The van der Waals surface area contributed by atoms with E-state index in [9.17, 15) is 4.21 Å². The van der Waals surface area contributed by atoms with Crippen molar-refractivity contribution in [2.75, 3.05) is 12.4 Å². The summed E-state index contributed by atoms with van der Waals surface area (Å²) in [6.07, 6.45) is 5.47. The van der Waals surface area contributed by atoms with Gasteiger partial charge in [0.25, 0.3) is 0 Å². The van der Waals surface area contributed by atoms with Crippen LogP contribution in [0.1, 0.15) is 44.6 Å². The molecule has 1 fully saturated rings. The van der Waals surface area contributed by atoms with Gasteiger partial charge in [0.1, 0.15) is 11.8 Å². The molecule has 2 rings (SSSR count).